The Kier molecular flexibility index (Phi) is 6.41. The molecule has 0 N–H and O–H groups in total. The van der Waals surface area contributed by atoms with Crippen LogP contribution < -0.4 is 7.16 Å². The Morgan fingerprint density at radius 3 is 1.46 bits per heavy atom. The Balaban J connectivity index is 1.84. The van der Waals surface area contributed by atoms with Gasteiger partial charge in [0.2, 0.25) is 0 Å². The summed E-state index contributed by atoms with van der Waals surface area (Å²) in [5.41, 5.74) is 2.67. The standard InChI is InChI=1S/C15H13.2C6H5.Sn/c1-3-8-14(9-4-1)12-7-13-15-10-5-2-6-11-15;2*1-2-4-6-5-3-1;/h1-6,8-12H,13H2;2*1-5H;. The summed E-state index contributed by atoms with van der Waals surface area (Å²) in [6, 6.07) is 43.9. The summed E-state index contributed by atoms with van der Waals surface area (Å²) >= 11 is -2.28. The van der Waals surface area contributed by atoms with E-state index in [9.17, 15) is 0 Å². The van der Waals surface area contributed by atoms with Gasteiger partial charge in [0.1, 0.15) is 0 Å². The molecule has 4 rings (SSSR count). The van der Waals surface area contributed by atoms with Crippen molar-refractivity contribution < 1.29 is 0 Å². The van der Waals surface area contributed by atoms with E-state index in [1.807, 2.05) is 0 Å². The molecule has 0 saturated heterocycles. The molecule has 4 aromatic rings. The van der Waals surface area contributed by atoms with Crippen molar-refractivity contribution in [2.45, 2.75) is 6.42 Å². The van der Waals surface area contributed by atoms with Crippen molar-refractivity contribution in [1.29, 1.82) is 0 Å². The molecular formula is C27H23Sn. The Morgan fingerprint density at radius 2 is 0.964 bits per heavy atom. The molecule has 0 nitrogen and oxygen atoms in total. The molecule has 0 spiro atoms. The number of hydrogen-bond acceptors (Lipinski definition) is 0. The first-order valence-electron chi connectivity index (χ1n) is 9.68. The van der Waals surface area contributed by atoms with Crippen LogP contribution in [0.4, 0.5) is 0 Å². The van der Waals surface area contributed by atoms with E-state index in [1.54, 1.807) is 3.59 Å². The fourth-order valence-electron chi connectivity index (χ4n) is 3.52. The van der Waals surface area contributed by atoms with Gasteiger partial charge in [0.15, 0.2) is 0 Å². The molecule has 0 unspecified atom stereocenters. The molecule has 0 fully saturated rings. The van der Waals surface area contributed by atoms with Gasteiger partial charge in [0.25, 0.3) is 0 Å². The Hall–Kier alpha value is -2.58. The van der Waals surface area contributed by atoms with Crippen molar-refractivity contribution in [3.63, 3.8) is 0 Å². The molecule has 0 atom stereocenters. The summed E-state index contributed by atoms with van der Waals surface area (Å²) in [6.07, 6.45) is 3.45. The second-order valence-corrected chi connectivity index (χ2v) is 14.1. The van der Waals surface area contributed by atoms with E-state index in [4.69, 9.17) is 0 Å². The molecule has 0 aliphatic heterocycles. The number of hydrogen-bond donors (Lipinski definition) is 0. The van der Waals surface area contributed by atoms with Crippen molar-refractivity contribution >= 4 is 33.0 Å². The van der Waals surface area contributed by atoms with Gasteiger partial charge < -0.3 is 0 Å². The van der Waals surface area contributed by atoms with Gasteiger partial charge in [-0.3, -0.25) is 0 Å². The predicted octanol–water partition coefficient (Wildman–Crippen LogP) is 5.16. The number of benzene rings is 4. The van der Waals surface area contributed by atoms with Crippen molar-refractivity contribution in [2.75, 3.05) is 0 Å². The minimum atomic E-state index is -2.28. The molecule has 28 heavy (non-hydrogen) atoms. The van der Waals surface area contributed by atoms with Crippen LogP contribution in [0.1, 0.15) is 11.1 Å². The van der Waals surface area contributed by atoms with Crippen molar-refractivity contribution in [3.8, 4) is 0 Å². The first-order valence-corrected chi connectivity index (χ1v) is 14.0. The van der Waals surface area contributed by atoms with Crippen molar-refractivity contribution in [2.24, 2.45) is 0 Å². The third-order valence-corrected chi connectivity index (χ3v) is 12.8. The van der Waals surface area contributed by atoms with Crippen LogP contribution in [0, 0.1) is 0 Å². The third-order valence-electron chi connectivity index (χ3n) is 4.82. The second-order valence-electron chi connectivity index (χ2n) is 6.85. The van der Waals surface area contributed by atoms with Crippen LogP contribution in [-0.2, 0) is 6.42 Å². The van der Waals surface area contributed by atoms with Gasteiger partial charge in [-0.2, -0.15) is 0 Å². The quantitative estimate of drug-likeness (QED) is 0.345. The molecule has 135 valence electrons. The van der Waals surface area contributed by atoms with Gasteiger partial charge in [-0.15, -0.1) is 0 Å². The normalized spacial score (nSPS) is 11.5. The van der Waals surface area contributed by atoms with Gasteiger partial charge in [-0.25, -0.2) is 0 Å². The van der Waals surface area contributed by atoms with Crippen LogP contribution in [0.3, 0.4) is 0 Å². The first-order chi connectivity index (χ1) is 13.9. The third kappa shape index (κ3) is 4.82. The fraction of sp³-hybridized carbons (Fsp3) is 0.0370. The van der Waals surface area contributed by atoms with Crippen LogP contribution in [0.5, 0.6) is 0 Å². The maximum absolute atomic E-state index is 2.45. The summed E-state index contributed by atoms with van der Waals surface area (Å²) in [5.74, 6) is 0. The zero-order chi connectivity index (χ0) is 19.0. The average Bonchev–Trinajstić information content (AvgIpc) is 2.77. The van der Waals surface area contributed by atoms with E-state index in [-0.39, 0.29) is 0 Å². The Morgan fingerprint density at radius 1 is 0.536 bits per heavy atom. The van der Waals surface area contributed by atoms with Gasteiger partial charge in [-0.1, -0.05) is 0 Å². The monoisotopic (exact) mass is 467 g/mol. The van der Waals surface area contributed by atoms with E-state index >= 15 is 0 Å². The SMILES string of the molecule is C(=[C](Cc1ccccc1)[Sn]([c]1ccccc1)[c]1ccccc1)c1ccccc1. The zero-order valence-electron chi connectivity index (χ0n) is 15.8. The zero-order valence-corrected chi connectivity index (χ0v) is 18.7. The van der Waals surface area contributed by atoms with Gasteiger partial charge >= 0.3 is 175 Å². The average molecular weight is 466 g/mol. The minimum absolute atomic E-state index is 1.01. The molecule has 0 amide bonds. The molecule has 0 bridgehead atoms. The molecule has 0 aliphatic carbocycles. The second kappa shape index (κ2) is 9.56. The summed E-state index contributed by atoms with van der Waals surface area (Å²) in [7, 11) is 0. The summed E-state index contributed by atoms with van der Waals surface area (Å²) < 4.78 is 4.64. The van der Waals surface area contributed by atoms with Crippen molar-refractivity contribution in [3.05, 3.63) is 136 Å². The summed E-state index contributed by atoms with van der Waals surface area (Å²) in [6.45, 7) is 0. The topological polar surface area (TPSA) is 0 Å². The molecule has 1 radical (unpaired) electrons. The van der Waals surface area contributed by atoms with Gasteiger partial charge in [-0.05, 0) is 0 Å². The van der Waals surface area contributed by atoms with Crippen molar-refractivity contribution in [1.82, 2.24) is 0 Å². The molecule has 0 saturated carbocycles. The predicted molar refractivity (Wildman–Crippen MR) is 122 cm³/mol. The molecular weight excluding hydrogens is 443 g/mol. The summed E-state index contributed by atoms with van der Waals surface area (Å²) in [5, 5.41) is 0. The van der Waals surface area contributed by atoms with E-state index in [2.05, 4.69) is 127 Å². The van der Waals surface area contributed by atoms with E-state index in [0.29, 0.717) is 0 Å². The summed E-state index contributed by atoms with van der Waals surface area (Å²) in [4.78, 5) is 0. The van der Waals surface area contributed by atoms with Crippen LogP contribution in [0.15, 0.2) is 125 Å². The first kappa shape index (κ1) is 18.8. The molecule has 4 aromatic carbocycles. The maximum atomic E-state index is 2.45. The molecule has 0 heterocycles. The molecule has 0 aromatic heterocycles. The van der Waals surface area contributed by atoms with Crippen LogP contribution in [-0.4, -0.2) is 19.8 Å². The number of allylic oxidation sites excluding steroid dienone is 1. The fourth-order valence-corrected chi connectivity index (χ4v) is 11.6. The van der Waals surface area contributed by atoms with Gasteiger partial charge in [0.05, 0.1) is 0 Å². The molecule has 1 heteroatoms. The van der Waals surface area contributed by atoms with E-state index in [1.165, 1.54) is 18.3 Å². The number of rotatable bonds is 6. The molecule has 0 aliphatic rings. The Bertz CT molecular complexity index is 967. The van der Waals surface area contributed by atoms with Crippen LogP contribution in [0.25, 0.3) is 6.08 Å². The van der Waals surface area contributed by atoms with E-state index < -0.39 is 19.8 Å². The van der Waals surface area contributed by atoms with Crippen LogP contribution in [0.2, 0.25) is 0 Å². The van der Waals surface area contributed by atoms with Crippen LogP contribution >= 0.6 is 0 Å². The van der Waals surface area contributed by atoms with Gasteiger partial charge in [0, 0.05) is 0 Å². The Labute approximate surface area is 174 Å². The van der Waals surface area contributed by atoms with E-state index in [0.717, 1.165) is 6.42 Å².